The van der Waals surface area contributed by atoms with E-state index in [2.05, 4.69) is 4.98 Å². The third-order valence-corrected chi connectivity index (χ3v) is 3.80. The number of hydrogen-bond acceptors (Lipinski definition) is 3. The maximum Gasteiger partial charge on any atom is 0.227 e. The summed E-state index contributed by atoms with van der Waals surface area (Å²) in [6, 6.07) is 4.88. The van der Waals surface area contributed by atoms with E-state index in [0.717, 1.165) is 5.56 Å². The minimum atomic E-state index is -0.396. The monoisotopic (exact) mass is 286 g/mol. The number of halogens is 1. The zero-order valence-corrected chi connectivity index (χ0v) is 11.6. The number of aliphatic hydroxyl groups excluding tert-OH is 1. The van der Waals surface area contributed by atoms with Gasteiger partial charge in [-0.1, -0.05) is 0 Å². The summed E-state index contributed by atoms with van der Waals surface area (Å²) in [5.74, 6) is -0.397. The molecular weight excluding hydrogens is 271 g/mol. The molecule has 1 N–H and O–H groups in total. The number of anilines is 1. The largest absolute Gasteiger partial charge is 0.392 e. The first-order chi connectivity index (χ1) is 10.1. The second kappa shape index (κ2) is 5.26. The van der Waals surface area contributed by atoms with Gasteiger partial charge in [-0.25, -0.2) is 4.39 Å². The first kappa shape index (κ1) is 13.7. The van der Waals surface area contributed by atoms with E-state index >= 15 is 0 Å². The summed E-state index contributed by atoms with van der Waals surface area (Å²) in [4.78, 5) is 17.2. The number of aryl methyl sites for hydroxylation is 1. The van der Waals surface area contributed by atoms with E-state index < -0.39 is 5.82 Å². The van der Waals surface area contributed by atoms with Crippen LogP contribution in [-0.4, -0.2) is 23.0 Å². The second-order valence-corrected chi connectivity index (χ2v) is 5.15. The molecule has 1 aliphatic heterocycles. The highest BCUT2D eigenvalue weighted by Gasteiger charge is 2.23. The summed E-state index contributed by atoms with van der Waals surface area (Å²) in [5, 5.41) is 9.16. The molecule has 21 heavy (non-hydrogen) atoms. The molecule has 0 spiro atoms. The van der Waals surface area contributed by atoms with E-state index in [4.69, 9.17) is 5.11 Å². The Morgan fingerprint density at radius 1 is 1.29 bits per heavy atom. The van der Waals surface area contributed by atoms with Gasteiger partial charge in [0, 0.05) is 42.7 Å². The summed E-state index contributed by atoms with van der Waals surface area (Å²) in [7, 11) is 1.66. The van der Waals surface area contributed by atoms with Crippen molar-refractivity contribution in [2.45, 2.75) is 19.4 Å². The van der Waals surface area contributed by atoms with Crippen LogP contribution in [0.25, 0.3) is 11.1 Å². The lowest BCUT2D eigenvalue weighted by Crippen LogP contribution is -2.31. The maximum atomic E-state index is 14.4. The molecule has 2 aromatic rings. The van der Waals surface area contributed by atoms with Gasteiger partial charge in [-0.05, 0) is 35.7 Å². The molecule has 3 rings (SSSR count). The standard InChI is InChI=1S/C16H15FN2O2/c1-19-15-6-14(17)13(5-11(15)2-3-16(19)21)12-4-10(9-20)7-18-8-12/h4-8,20H,2-3,9H2,1H3. The van der Waals surface area contributed by atoms with Crippen LogP contribution in [-0.2, 0) is 17.8 Å². The molecule has 4 nitrogen and oxygen atoms in total. The average molecular weight is 286 g/mol. The normalized spacial score (nSPS) is 14.2. The van der Waals surface area contributed by atoms with Crippen molar-refractivity contribution in [3.63, 3.8) is 0 Å². The van der Waals surface area contributed by atoms with Gasteiger partial charge in [-0.2, -0.15) is 0 Å². The molecule has 1 aromatic heterocycles. The predicted molar refractivity (Wildman–Crippen MR) is 77.3 cm³/mol. The van der Waals surface area contributed by atoms with Crippen molar-refractivity contribution < 1.29 is 14.3 Å². The van der Waals surface area contributed by atoms with Crippen molar-refractivity contribution in [2.75, 3.05) is 11.9 Å². The lowest BCUT2D eigenvalue weighted by Gasteiger charge is -2.26. The van der Waals surface area contributed by atoms with Crippen LogP contribution in [0, 0.1) is 5.82 Å². The van der Waals surface area contributed by atoms with E-state index in [1.165, 1.54) is 11.0 Å². The smallest absolute Gasteiger partial charge is 0.227 e. The highest BCUT2D eigenvalue weighted by Crippen LogP contribution is 2.33. The topological polar surface area (TPSA) is 53.4 Å². The Kier molecular flexibility index (Phi) is 3.43. The molecule has 0 bridgehead atoms. The van der Waals surface area contributed by atoms with Gasteiger partial charge in [-0.15, -0.1) is 0 Å². The Labute approximate surface area is 121 Å². The van der Waals surface area contributed by atoms with Gasteiger partial charge >= 0.3 is 0 Å². The molecule has 0 radical (unpaired) electrons. The minimum absolute atomic E-state index is 0.00130. The van der Waals surface area contributed by atoms with Crippen molar-refractivity contribution in [1.29, 1.82) is 0 Å². The summed E-state index contributed by atoms with van der Waals surface area (Å²) in [5.41, 5.74) is 3.28. The summed E-state index contributed by atoms with van der Waals surface area (Å²) >= 11 is 0. The molecule has 0 aliphatic carbocycles. The van der Waals surface area contributed by atoms with E-state index in [9.17, 15) is 9.18 Å². The van der Waals surface area contributed by atoms with Crippen LogP contribution < -0.4 is 4.90 Å². The molecule has 0 saturated heterocycles. The molecule has 0 saturated carbocycles. The fraction of sp³-hybridized carbons (Fsp3) is 0.250. The van der Waals surface area contributed by atoms with E-state index in [0.29, 0.717) is 35.2 Å². The van der Waals surface area contributed by atoms with Crippen LogP contribution in [0.3, 0.4) is 0 Å². The number of aliphatic hydroxyl groups is 1. The highest BCUT2D eigenvalue weighted by molar-refractivity contribution is 5.96. The fourth-order valence-corrected chi connectivity index (χ4v) is 2.61. The van der Waals surface area contributed by atoms with Crippen molar-refractivity contribution in [1.82, 2.24) is 4.98 Å². The van der Waals surface area contributed by atoms with Gasteiger partial charge in [0.15, 0.2) is 0 Å². The maximum absolute atomic E-state index is 14.4. The molecular formula is C16H15FN2O2. The molecule has 1 aromatic carbocycles. The molecule has 0 fully saturated rings. The van der Waals surface area contributed by atoms with Crippen molar-refractivity contribution in [3.05, 3.63) is 47.5 Å². The molecule has 0 unspecified atom stereocenters. The average Bonchev–Trinajstić information content (AvgIpc) is 2.51. The lowest BCUT2D eigenvalue weighted by atomic mass is 9.96. The number of fused-ring (bicyclic) bond motifs is 1. The predicted octanol–water partition coefficient (Wildman–Crippen LogP) is 2.29. The van der Waals surface area contributed by atoms with Crippen LogP contribution in [0.5, 0.6) is 0 Å². The number of hydrogen-bond donors (Lipinski definition) is 1. The molecule has 0 atom stereocenters. The number of carbonyl (C=O) groups excluding carboxylic acids is 1. The number of carbonyl (C=O) groups is 1. The van der Waals surface area contributed by atoms with E-state index in [1.807, 2.05) is 0 Å². The third-order valence-electron chi connectivity index (χ3n) is 3.80. The van der Waals surface area contributed by atoms with Crippen LogP contribution in [0.1, 0.15) is 17.5 Å². The molecule has 1 aliphatic rings. The zero-order chi connectivity index (χ0) is 15.0. The molecule has 5 heteroatoms. The molecule has 108 valence electrons. The molecule has 1 amide bonds. The Balaban J connectivity index is 2.10. The first-order valence-corrected chi connectivity index (χ1v) is 6.74. The van der Waals surface area contributed by atoms with Crippen molar-refractivity contribution in [2.24, 2.45) is 0 Å². The van der Waals surface area contributed by atoms with E-state index in [1.54, 1.807) is 31.6 Å². The van der Waals surface area contributed by atoms with Gasteiger partial charge in [-0.3, -0.25) is 9.78 Å². The number of benzene rings is 1. The Hall–Kier alpha value is -2.27. The number of pyridine rings is 1. The number of amides is 1. The number of nitrogens with zero attached hydrogens (tertiary/aromatic N) is 2. The molecule has 2 heterocycles. The van der Waals surface area contributed by atoms with Crippen LogP contribution >= 0.6 is 0 Å². The van der Waals surface area contributed by atoms with Crippen molar-refractivity contribution in [3.8, 4) is 11.1 Å². The summed E-state index contributed by atoms with van der Waals surface area (Å²) in [6.45, 7) is -0.134. The SMILES string of the molecule is CN1C(=O)CCc2cc(-c3cncc(CO)c3)c(F)cc21. The quantitative estimate of drug-likeness (QED) is 0.921. The van der Waals surface area contributed by atoms with Gasteiger partial charge < -0.3 is 10.0 Å². The van der Waals surface area contributed by atoms with Crippen molar-refractivity contribution >= 4 is 11.6 Å². The number of rotatable bonds is 2. The van der Waals surface area contributed by atoms with Crippen LogP contribution in [0.2, 0.25) is 0 Å². The van der Waals surface area contributed by atoms with Gasteiger partial charge in [0.2, 0.25) is 5.91 Å². The lowest BCUT2D eigenvalue weighted by molar-refractivity contribution is -0.118. The fourth-order valence-electron chi connectivity index (χ4n) is 2.61. The van der Waals surface area contributed by atoms with Crippen LogP contribution in [0.15, 0.2) is 30.6 Å². The summed E-state index contributed by atoms with van der Waals surface area (Å²) < 4.78 is 14.4. The summed E-state index contributed by atoms with van der Waals surface area (Å²) in [6.07, 6.45) is 4.16. The highest BCUT2D eigenvalue weighted by atomic mass is 19.1. The van der Waals surface area contributed by atoms with Crippen LogP contribution in [0.4, 0.5) is 10.1 Å². The zero-order valence-electron chi connectivity index (χ0n) is 11.6. The second-order valence-electron chi connectivity index (χ2n) is 5.15. The van der Waals surface area contributed by atoms with E-state index in [-0.39, 0.29) is 12.5 Å². The Morgan fingerprint density at radius 3 is 2.86 bits per heavy atom. The van der Waals surface area contributed by atoms with Gasteiger partial charge in [0.25, 0.3) is 0 Å². The Morgan fingerprint density at radius 2 is 2.10 bits per heavy atom. The number of aromatic nitrogens is 1. The van der Waals surface area contributed by atoms with Gasteiger partial charge in [0.1, 0.15) is 5.82 Å². The van der Waals surface area contributed by atoms with Gasteiger partial charge in [0.05, 0.1) is 6.61 Å². The minimum Gasteiger partial charge on any atom is -0.392 e. The third kappa shape index (κ3) is 2.40. The first-order valence-electron chi connectivity index (χ1n) is 6.74. The Bertz CT molecular complexity index is 715.